The van der Waals surface area contributed by atoms with E-state index < -0.39 is 0 Å². The van der Waals surface area contributed by atoms with Gasteiger partial charge in [0.1, 0.15) is 5.60 Å². The first-order valence-electron chi connectivity index (χ1n) is 6.15. The van der Waals surface area contributed by atoms with Gasteiger partial charge < -0.3 is 14.6 Å². The predicted molar refractivity (Wildman–Crippen MR) is 63.5 cm³/mol. The molecule has 1 atom stereocenters. The molecule has 0 bridgehead atoms. The molecule has 1 N–H and O–H groups in total. The number of ether oxygens (including phenoxy) is 1. The molecule has 0 amide bonds. The van der Waals surface area contributed by atoms with Gasteiger partial charge in [-0.3, -0.25) is 0 Å². The molecule has 1 aromatic rings. The van der Waals surface area contributed by atoms with Crippen LogP contribution in [-0.2, 0) is 15.9 Å². The molecule has 1 unspecified atom stereocenters. The highest BCUT2D eigenvalue weighted by Gasteiger charge is 2.36. The lowest BCUT2D eigenvalue weighted by molar-refractivity contribution is -0.0770. The number of hydrogen-bond donors (Lipinski definition) is 1. The Balaban J connectivity index is 2.23. The number of nitrogens with zero attached hydrogens (tertiary/aromatic N) is 2. The van der Waals surface area contributed by atoms with E-state index in [9.17, 15) is 0 Å². The second kappa shape index (κ2) is 4.38. The summed E-state index contributed by atoms with van der Waals surface area (Å²) >= 11 is 0. The highest BCUT2D eigenvalue weighted by atomic mass is 16.5. The van der Waals surface area contributed by atoms with Crippen LogP contribution in [0.3, 0.4) is 0 Å². The highest BCUT2D eigenvalue weighted by molar-refractivity contribution is 5.05. The van der Waals surface area contributed by atoms with Crippen molar-refractivity contribution in [2.24, 2.45) is 0 Å². The van der Waals surface area contributed by atoms with Gasteiger partial charge in [-0.1, -0.05) is 5.16 Å². The standard InChI is InChI=1S/C12H21N3O2/c1-11(2,13-4)10-14-9(15-17-10)12(3)7-5-6-8-16-12/h13H,5-8H2,1-4H3. The Labute approximate surface area is 102 Å². The Morgan fingerprint density at radius 1 is 1.35 bits per heavy atom. The molecule has 5 heteroatoms. The summed E-state index contributed by atoms with van der Waals surface area (Å²) in [5.41, 5.74) is -0.694. The van der Waals surface area contributed by atoms with Crippen LogP contribution in [0, 0.1) is 0 Å². The van der Waals surface area contributed by atoms with Crippen molar-refractivity contribution in [3.8, 4) is 0 Å². The number of nitrogens with one attached hydrogen (secondary N) is 1. The average Bonchev–Trinajstić information content (AvgIpc) is 2.80. The fraction of sp³-hybridized carbons (Fsp3) is 0.833. The molecular formula is C12H21N3O2. The zero-order valence-corrected chi connectivity index (χ0v) is 11.0. The first kappa shape index (κ1) is 12.5. The summed E-state index contributed by atoms with van der Waals surface area (Å²) in [5, 5.41) is 7.22. The maximum absolute atomic E-state index is 5.81. The summed E-state index contributed by atoms with van der Waals surface area (Å²) in [4.78, 5) is 4.48. The third-order valence-electron chi connectivity index (χ3n) is 3.53. The molecule has 1 aliphatic rings. The Kier molecular flexibility index (Phi) is 3.23. The third kappa shape index (κ3) is 2.35. The largest absolute Gasteiger partial charge is 0.367 e. The molecular weight excluding hydrogens is 218 g/mol. The van der Waals surface area contributed by atoms with E-state index in [2.05, 4.69) is 15.5 Å². The van der Waals surface area contributed by atoms with Crippen molar-refractivity contribution in [2.75, 3.05) is 13.7 Å². The van der Waals surface area contributed by atoms with Crippen LogP contribution in [-0.4, -0.2) is 23.8 Å². The zero-order chi connectivity index (χ0) is 12.5. The van der Waals surface area contributed by atoms with E-state index in [-0.39, 0.29) is 11.1 Å². The third-order valence-corrected chi connectivity index (χ3v) is 3.53. The maximum atomic E-state index is 5.81. The summed E-state index contributed by atoms with van der Waals surface area (Å²) in [6.07, 6.45) is 3.21. The van der Waals surface area contributed by atoms with Gasteiger partial charge in [0.15, 0.2) is 0 Å². The summed E-state index contributed by atoms with van der Waals surface area (Å²) in [7, 11) is 1.88. The van der Waals surface area contributed by atoms with Gasteiger partial charge in [-0.25, -0.2) is 0 Å². The minimum absolute atomic E-state index is 0.309. The molecule has 0 aromatic carbocycles. The molecule has 0 spiro atoms. The molecule has 0 radical (unpaired) electrons. The zero-order valence-electron chi connectivity index (χ0n) is 11.0. The monoisotopic (exact) mass is 239 g/mol. The van der Waals surface area contributed by atoms with Crippen LogP contribution in [0.4, 0.5) is 0 Å². The minimum atomic E-state index is -0.385. The fourth-order valence-electron chi connectivity index (χ4n) is 1.91. The quantitative estimate of drug-likeness (QED) is 0.873. The Hall–Kier alpha value is -0.940. The van der Waals surface area contributed by atoms with Gasteiger partial charge in [-0.2, -0.15) is 4.98 Å². The summed E-state index contributed by atoms with van der Waals surface area (Å²) in [6.45, 7) is 6.83. The highest BCUT2D eigenvalue weighted by Crippen LogP contribution is 2.33. The molecule has 1 saturated heterocycles. The van der Waals surface area contributed by atoms with Crippen LogP contribution in [0.1, 0.15) is 51.7 Å². The van der Waals surface area contributed by atoms with Crippen LogP contribution in [0.25, 0.3) is 0 Å². The van der Waals surface area contributed by atoms with E-state index in [1.165, 1.54) is 0 Å². The summed E-state index contributed by atoms with van der Waals surface area (Å²) < 4.78 is 11.1. The van der Waals surface area contributed by atoms with Crippen LogP contribution < -0.4 is 5.32 Å². The van der Waals surface area contributed by atoms with E-state index in [4.69, 9.17) is 9.26 Å². The van der Waals surface area contributed by atoms with Gasteiger partial charge in [-0.05, 0) is 47.1 Å². The molecule has 2 rings (SSSR count). The number of rotatable bonds is 3. The fourth-order valence-corrected chi connectivity index (χ4v) is 1.91. The summed E-state index contributed by atoms with van der Waals surface area (Å²) in [5.74, 6) is 1.26. The Morgan fingerprint density at radius 3 is 2.71 bits per heavy atom. The molecule has 1 aromatic heterocycles. The second-order valence-corrected chi connectivity index (χ2v) is 5.33. The second-order valence-electron chi connectivity index (χ2n) is 5.33. The lowest BCUT2D eigenvalue weighted by Crippen LogP contribution is -2.34. The number of hydrogen-bond acceptors (Lipinski definition) is 5. The van der Waals surface area contributed by atoms with Crippen molar-refractivity contribution in [3.05, 3.63) is 11.7 Å². The van der Waals surface area contributed by atoms with E-state index in [1.807, 2.05) is 27.8 Å². The summed E-state index contributed by atoms with van der Waals surface area (Å²) in [6, 6.07) is 0. The lowest BCUT2D eigenvalue weighted by Gasteiger charge is -2.30. The van der Waals surface area contributed by atoms with Gasteiger partial charge in [-0.15, -0.1) is 0 Å². The molecule has 2 heterocycles. The van der Waals surface area contributed by atoms with E-state index in [0.717, 1.165) is 25.9 Å². The molecule has 1 fully saturated rings. The van der Waals surface area contributed by atoms with Crippen molar-refractivity contribution >= 4 is 0 Å². The van der Waals surface area contributed by atoms with Gasteiger partial charge >= 0.3 is 0 Å². The van der Waals surface area contributed by atoms with Crippen molar-refractivity contribution in [1.29, 1.82) is 0 Å². The molecule has 96 valence electrons. The van der Waals surface area contributed by atoms with E-state index >= 15 is 0 Å². The SMILES string of the molecule is CNC(C)(C)c1nc(C2(C)CCCCO2)no1. The van der Waals surface area contributed by atoms with Crippen molar-refractivity contribution < 1.29 is 9.26 Å². The maximum Gasteiger partial charge on any atom is 0.246 e. The molecule has 5 nitrogen and oxygen atoms in total. The van der Waals surface area contributed by atoms with Crippen LogP contribution in [0.5, 0.6) is 0 Å². The molecule has 1 aliphatic heterocycles. The van der Waals surface area contributed by atoms with Crippen molar-refractivity contribution in [1.82, 2.24) is 15.5 Å². The average molecular weight is 239 g/mol. The molecule has 0 aliphatic carbocycles. The topological polar surface area (TPSA) is 60.2 Å². The molecule has 0 saturated carbocycles. The Morgan fingerprint density at radius 2 is 2.12 bits per heavy atom. The first-order valence-corrected chi connectivity index (χ1v) is 6.15. The van der Waals surface area contributed by atoms with Crippen LogP contribution >= 0.6 is 0 Å². The van der Waals surface area contributed by atoms with Crippen molar-refractivity contribution in [2.45, 2.75) is 51.2 Å². The van der Waals surface area contributed by atoms with E-state index in [0.29, 0.717) is 11.7 Å². The van der Waals surface area contributed by atoms with Gasteiger partial charge in [0, 0.05) is 6.61 Å². The molecule has 17 heavy (non-hydrogen) atoms. The smallest absolute Gasteiger partial charge is 0.246 e. The van der Waals surface area contributed by atoms with Gasteiger partial charge in [0.2, 0.25) is 11.7 Å². The number of aromatic nitrogens is 2. The Bertz CT molecular complexity index is 381. The lowest BCUT2D eigenvalue weighted by atomic mass is 9.95. The van der Waals surface area contributed by atoms with Gasteiger partial charge in [0.05, 0.1) is 5.54 Å². The van der Waals surface area contributed by atoms with E-state index in [1.54, 1.807) is 0 Å². The van der Waals surface area contributed by atoms with Gasteiger partial charge in [0.25, 0.3) is 0 Å². The normalized spacial score (nSPS) is 26.1. The van der Waals surface area contributed by atoms with Crippen LogP contribution in [0.15, 0.2) is 4.52 Å². The first-order chi connectivity index (χ1) is 7.98. The van der Waals surface area contributed by atoms with Crippen LogP contribution in [0.2, 0.25) is 0 Å². The predicted octanol–water partition coefficient (Wildman–Crippen LogP) is 1.94. The van der Waals surface area contributed by atoms with Crippen molar-refractivity contribution in [3.63, 3.8) is 0 Å². The minimum Gasteiger partial charge on any atom is -0.367 e.